The molecule has 0 spiro atoms. The summed E-state index contributed by atoms with van der Waals surface area (Å²) in [5, 5.41) is 5.90. The predicted molar refractivity (Wildman–Crippen MR) is 87.4 cm³/mol. The van der Waals surface area contributed by atoms with Crippen molar-refractivity contribution in [2.24, 2.45) is 0 Å². The molecular weight excluding hydrogens is 358 g/mol. The second kappa shape index (κ2) is 6.78. The Morgan fingerprint density at radius 3 is 2.76 bits per heavy atom. The van der Waals surface area contributed by atoms with Crippen LogP contribution in [-0.2, 0) is 0 Å². The molecule has 2 aromatic rings. The molecule has 1 aromatic carbocycles. The zero-order valence-corrected chi connectivity index (χ0v) is 13.7. The Balaban J connectivity index is 2.29. The van der Waals surface area contributed by atoms with Crippen LogP contribution >= 0.6 is 27.5 Å². The van der Waals surface area contributed by atoms with Crippen LogP contribution in [-0.4, -0.2) is 25.0 Å². The molecule has 0 radical (unpaired) electrons. The average Bonchev–Trinajstić information content (AvgIpc) is 2.49. The van der Waals surface area contributed by atoms with Crippen LogP contribution in [0.1, 0.15) is 10.5 Å². The second-order valence-electron chi connectivity index (χ2n) is 4.08. The molecule has 5 nitrogen and oxygen atoms in total. The SMILES string of the molecule is CNc1ccc(Cl)c(C(=O)Nc2cc(OC)ccc2Br)n1. The molecule has 0 aliphatic rings. The molecule has 1 amide bonds. The molecular formula is C14H13BrClN3O2. The number of benzene rings is 1. The minimum atomic E-state index is -0.397. The third-order valence-corrected chi connectivity index (χ3v) is 3.74. The van der Waals surface area contributed by atoms with E-state index in [1.807, 2.05) is 0 Å². The highest BCUT2D eigenvalue weighted by Crippen LogP contribution is 2.28. The molecule has 0 atom stereocenters. The zero-order valence-electron chi connectivity index (χ0n) is 11.4. The van der Waals surface area contributed by atoms with E-state index in [0.29, 0.717) is 17.3 Å². The molecule has 0 saturated carbocycles. The quantitative estimate of drug-likeness (QED) is 0.859. The first kappa shape index (κ1) is 15.6. The standard InChI is InChI=1S/C14H13BrClN3O2/c1-17-12-6-5-10(16)13(19-12)14(20)18-11-7-8(21-2)3-4-9(11)15/h3-7H,1-2H3,(H,17,19)(H,18,20). The van der Waals surface area contributed by atoms with Crippen LogP contribution in [0.3, 0.4) is 0 Å². The van der Waals surface area contributed by atoms with E-state index in [0.717, 1.165) is 4.47 Å². The van der Waals surface area contributed by atoms with E-state index in [2.05, 4.69) is 31.5 Å². The van der Waals surface area contributed by atoms with Gasteiger partial charge in [0.05, 0.1) is 17.8 Å². The third kappa shape index (κ3) is 3.65. The van der Waals surface area contributed by atoms with E-state index >= 15 is 0 Å². The van der Waals surface area contributed by atoms with Gasteiger partial charge in [-0.3, -0.25) is 4.79 Å². The number of anilines is 2. The normalized spacial score (nSPS) is 10.1. The maximum Gasteiger partial charge on any atom is 0.275 e. The summed E-state index contributed by atoms with van der Waals surface area (Å²) in [4.78, 5) is 16.5. The number of methoxy groups -OCH3 is 1. The van der Waals surface area contributed by atoms with E-state index in [-0.39, 0.29) is 10.7 Å². The molecule has 0 unspecified atom stereocenters. The van der Waals surface area contributed by atoms with Crippen LogP contribution in [0.25, 0.3) is 0 Å². The Morgan fingerprint density at radius 2 is 2.10 bits per heavy atom. The average molecular weight is 371 g/mol. The van der Waals surface area contributed by atoms with Crippen LogP contribution in [0.5, 0.6) is 5.75 Å². The van der Waals surface area contributed by atoms with Crippen LogP contribution in [0, 0.1) is 0 Å². The van der Waals surface area contributed by atoms with Gasteiger partial charge < -0.3 is 15.4 Å². The van der Waals surface area contributed by atoms with Crippen LogP contribution in [0.2, 0.25) is 5.02 Å². The summed E-state index contributed by atoms with van der Waals surface area (Å²) in [6, 6.07) is 8.59. The van der Waals surface area contributed by atoms with Gasteiger partial charge in [0.1, 0.15) is 17.3 Å². The number of aromatic nitrogens is 1. The van der Waals surface area contributed by atoms with Crippen LogP contribution < -0.4 is 15.4 Å². The molecule has 7 heteroatoms. The molecule has 21 heavy (non-hydrogen) atoms. The first-order valence-corrected chi connectivity index (χ1v) is 7.21. The number of hydrogen-bond acceptors (Lipinski definition) is 4. The van der Waals surface area contributed by atoms with Gasteiger partial charge in [-0.25, -0.2) is 4.98 Å². The smallest absolute Gasteiger partial charge is 0.275 e. The Hall–Kier alpha value is -1.79. The highest BCUT2D eigenvalue weighted by atomic mass is 79.9. The molecule has 2 rings (SSSR count). The van der Waals surface area contributed by atoms with Crippen molar-refractivity contribution in [1.29, 1.82) is 0 Å². The number of rotatable bonds is 4. The van der Waals surface area contributed by atoms with Gasteiger partial charge >= 0.3 is 0 Å². The predicted octanol–water partition coefficient (Wildman–Crippen LogP) is 3.80. The van der Waals surface area contributed by atoms with Gasteiger partial charge in [0, 0.05) is 17.6 Å². The number of amides is 1. The topological polar surface area (TPSA) is 63.2 Å². The Kier molecular flexibility index (Phi) is 5.03. The minimum Gasteiger partial charge on any atom is -0.497 e. The van der Waals surface area contributed by atoms with Gasteiger partial charge in [-0.2, -0.15) is 0 Å². The second-order valence-corrected chi connectivity index (χ2v) is 5.34. The lowest BCUT2D eigenvalue weighted by molar-refractivity contribution is 0.102. The Bertz CT molecular complexity index is 679. The Morgan fingerprint density at radius 1 is 1.33 bits per heavy atom. The monoisotopic (exact) mass is 369 g/mol. The zero-order chi connectivity index (χ0) is 15.4. The summed E-state index contributed by atoms with van der Waals surface area (Å²) in [5.41, 5.74) is 0.727. The maximum absolute atomic E-state index is 12.3. The van der Waals surface area contributed by atoms with E-state index in [9.17, 15) is 4.79 Å². The van der Waals surface area contributed by atoms with Crippen molar-refractivity contribution in [1.82, 2.24) is 4.98 Å². The minimum absolute atomic E-state index is 0.151. The van der Waals surface area contributed by atoms with Crippen LogP contribution in [0.15, 0.2) is 34.8 Å². The van der Waals surface area contributed by atoms with Gasteiger partial charge in [0.25, 0.3) is 5.91 Å². The highest BCUT2D eigenvalue weighted by molar-refractivity contribution is 9.10. The molecule has 0 bridgehead atoms. The number of carbonyl (C=O) groups is 1. The molecule has 0 aliphatic heterocycles. The van der Waals surface area contributed by atoms with Gasteiger partial charge in [0.15, 0.2) is 0 Å². The van der Waals surface area contributed by atoms with Gasteiger partial charge in [-0.1, -0.05) is 11.6 Å². The lowest BCUT2D eigenvalue weighted by Crippen LogP contribution is -2.15. The Labute approximate surface area is 135 Å². The lowest BCUT2D eigenvalue weighted by atomic mass is 10.2. The van der Waals surface area contributed by atoms with Crippen molar-refractivity contribution in [3.8, 4) is 5.75 Å². The van der Waals surface area contributed by atoms with Crippen molar-refractivity contribution in [3.63, 3.8) is 0 Å². The van der Waals surface area contributed by atoms with Gasteiger partial charge in [-0.05, 0) is 40.2 Å². The third-order valence-electron chi connectivity index (χ3n) is 2.74. The van der Waals surface area contributed by atoms with Crippen molar-refractivity contribution in [2.75, 3.05) is 24.8 Å². The van der Waals surface area contributed by atoms with Crippen molar-refractivity contribution < 1.29 is 9.53 Å². The molecule has 1 aromatic heterocycles. The number of nitrogens with zero attached hydrogens (tertiary/aromatic N) is 1. The lowest BCUT2D eigenvalue weighted by Gasteiger charge is -2.10. The fourth-order valence-electron chi connectivity index (χ4n) is 1.65. The summed E-state index contributed by atoms with van der Waals surface area (Å²) in [6.45, 7) is 0. The molecule has 1 heterocycles. The largest absolute Gasteiger partial charge is 0.497 e. The summed E-state index contributed by atoms with van der Waals surface area (Å²) in [5.74, 6) is 0.803. The molecule has 0 aliphatic carbocycles. The van der Waals surface area contributed by atoms with Crippen molar-refractivity contribution in [3.05, 3.63) is 45.5 Å². The summed E-state index contributed by atoms with van der Waals surface area (Å²) in [7, 11) is 3.28. The number of hydrogen-bond donors (Lipinski definition) is 2. The number of ether oxygens (including phenoxy) is 1. The summed E-state index contributed by atoms with van der Waals surface area (Å²) < 4.78 is 5.87. The summed E-state index contributed by atoms with van der Waals surface area (Å²) >= 11 is 9.40. The first-order valence-electron chi connectivity index (χ1n) is 6.04. The van der Waals surface area contributed by atoms with Crippen molar-refractivity contribution in [2.45, 2.75) is 0 Å². The van der Waals surface area contributed by atoms with E-state index in [1.165, 1.54) is 0 Å². The van der Waals surface area contributed by atoms with Gasteiger partial charge in [0.2, 0.25) is 0 Å². The first-order chi connectivity index (χ1) is 10.0. The van der Waals surface area contributed by atoms with Gasteiger partial charge in [-0.15, -0.1) is 0 Å². The molecule has 0 fully saturated rings. The van der Waals surface area contributed by atoms with E-state index in [1.54, 1.807) is 44.5 Å². The van der Waals surface area contributed by atoms with Crippen molar-refractivity contribution >= 4 is 44.9 Å². The number of halogens is 2. The molecule has 2 N–H and O–H groups in total. The number of nitrogens with one attached hydrogen (secondary N) is 2. The summed E-state index contributed by atoms with van der Waals surface area (Å²) in [6.07, 6.45) is 0. The molecule has 110 valence electrons. The van der Waals surface area contributed by atoms with E-state index < -0.39 is 5.91 Å². The molecule has 0 saturated heterocycles. The fourth-order valence-corrected chi connectivity index (χ4v) is 2.19. The van der Waals surface area contributed by atoms with E-state index in [4.69, 9.17) is 16.3 Å². The maximum atomic E-state index is 12.3. The van der Waals surface area contributed by atoms with Crippen LogP contribution in [0.4, 0.5) is 11.5 Å². The number of pyridine rings is 1. The number of carbonyl (C=O) groups excluding carboxylic acids is 1. The fraction of sp³-hybridized carbons (Fsp3) is 0.143. The highest BCUT2D eigenvalue weighted by Gasteiger charge is 2.15.